The number of anilines is 2. The molecule has 0 aliphatic carbocycles. The van der Waals surface area contributed by atoms with E-state index in [9.17, 15) is 9.59 Å². The molecule has 1 aliphatic rings. The molecule has 6 nitrogen and oxygen atoms in total. The number of hydrogen-bond acceptors (Lipinski definition) is 4. The van der Waals surface area contributed by atoms with Crippen molar-refractivity contribution in [1.82, 2.24) is 5.32 Å². The fraction of sp³-hybridized carbons (Fsp3) is 0.500. The zero-order chi connectivity index (χ0) is 15.9. The molecular formula is C16H24N4O2. The van der Waals surface area contributed by atoms with Gasteiger partial charge in [0, 0.05) is 31.7 Å². The van der Waals surface area contributed by atoms with Crippen molar-refractivity contribution in [3.05, 3.63) is 23.8 Å². The summed E-state index contributed by atoms with van der Waals surface area (Å²) in [7, 11) is 1.81. The molecule has 0 unspecified atom stereocenters. The van der Waals surface area contributed by atoms with Gasteiger partial charge in [0.15, 0.2) is 0 Å². The molecule has 1 saturated heterocycles. The van der Waals surface area contributed by atoms with Crippen LogP contribution in [-0.2, 0) is 4.79 Å². The van der Waals surface area contributed by atoms with Crippen molar-refractivity contribution in [3.8, 4) is 0 Å². The molecule has 2 rings (SSSR count). The number of benzene rings is 1. The van der Waals surface area contributed by atoms with Gasteiger partial charge in [-0.3, -0.25) is 9.59 Å². The topological polar surface area (TPSA) is 87.5 Å². The van der Waals surface area contributed by atoms with Crippen molar-refractivity contribution in [2.45, 2.75) is 25.7 Å². The molecule has 120 valence electrons. The first-order chi connectivity index (χ1) is 10.6. The summed E-state index contributed by atoms with van der Waals surface area (Å²) in [5.74, 6) is -0.487. The van der Waals surface area contributed by atoms with Gasteiger partial charge in [-0.2, -0.15) is 0 Å². The van der Waals surface area contributed by atoms with Gasteiger partial charge in [0.05, 0.1) is 11.3 Å². The molecule has 2 amide bonds. The summed E-state index contributed by atoms with van der Waals surface area (Å²) in [6.45, 7) is 2.46. The fourth-order valence-corrected chi connectivity index (χ4v) is 2.68. The Hall–Kier alpha value is -2.08. The van der Waals surface area contributed by atoms with Crippen LogP contribution in [0.1, 0.15) is 36.0 Å². The first kappa shape index (κ1) is 16.3. The van der Waals surface area contributed by atoms with E-state index in [2.05, 4.69) is 15.5 Å². The second-order valence-corrected chi connectivity index (χ2v) is 5.55. The minimum atomic E-state index is -0.436. The van der Waals surface area contributed by atoms with Crippen LogP contribution in [0.25, 0.3) is 0 Å². The quantitative estimate of drug-likeness (QED) is 0.740. The standard InChI is InChI=1S/C16H24N4O2/c1-18-8-7-15(21)19-12-5-6-13(16(17)22)14(11-12)20-9-3-2-4-10-20/h5-6,11,18H,2-4,7-10H2,1H3,(H2,17,22)(H,19,21). The number of carbonyl (C=O) groups is 2. The SMILES string of the molecule is CNCCC(=O)Nc1ccc(C(N)=O)c(N2CCCCC2)c1. The van der Waals surface area contributed by atoms with Gasteiger partial charge in [-0.15, -0.1) is 0 Å². The zero-order valence-corrected chi connectivity index (χ0v) is 13.0. The molecule has 0 aromatic heterocycles. The Morgan fingerprint density at radius 3 is 2.59 bits per heavy atom. The number of nitrogens with zero attached hydrogens (tertiary/aromatic N) is 1. The molecule has 22 heavy (non-hydrogen) atoms. The smallest absolute Gasteiger partial charge is 0.250 e. The Morgan fingerprint density at radius 2 is 1.95 bits per heavy atom. The molecule has 1 aliphatic heterocycles. The van der Waals surface area contributed by atoms with Gasteiger partial charge in [0.2, 0.25) is 5.91 Å². The Labute approximate surface area is 131 Å². The minimum Gasteiger partial charge on any atom is -0.371 e. The molecule has 0 spiro atoms. The maximum absolute atomic E-state index is 11.8. The van der Waals surface area contributed by atoms with E-state index >= 15 is 0 Å². The average Bonchev–Trinajstić information content (AvgIpc) is 2.53. The van der Waals surface area contributed by atoms with E-state index in [0.717, 1.165) is 31.6 Å². The van der Waals surface area contributed by atoms with Crippen molar-refractivity contribution in [3.63, 3.8) is 0 Å². The number of primary amides is 1. The van der Waals surface area contributed by atoms with Gasteiger partial charge in [-0.25, -0.2) is 0 Å². The van der Waals surface area contributed by atoms with Crippen LogP contribution in [0.5, 0.6) is 0 Å². The molecule has 4 N–H and O–H groups in total. The van der Waals surface area contributed by atoms with Crippen LogP contribution >= 0.6 is 0 Å². The van der Waals surface area contributed by atoms with E-state index in [1.807, 2.05) is 13.1 Å². The minimum absolute atomic E-state index is 0.0502. The lowest BCUT2D eigenvalue weighted by Gasteiger charge is -2.30. The van der Waals surface area contributed by atoms with Gasteiger partial charge in [-0.05, 0) is 44.5 Å². The largest absolute Gasteiger partial charge is 0.371 e. The van der Waals surface area contributed by atoms with Gasteiger partial charge in [-0.1, -0.05) is 0 Å². The molecule has 0 bridgehead atoms. The second kappa shape index (κ2) is 7.79. The third-order valence-electron chi connectivity index (χ3n) is 3.85. The van der Waals surface area contributed by atoms with Crippen LogP contribution in [0.2, 0.25) is 0 Å². The van der Waals surface area contributed by atoms with E-state index in [-0.39, 0.29) is 5.91 Å². The lowest BCUT2D eigenvalue weighted by molar-refractivity contribution is -0.116. The highest BCUT2D eigenvalue weighted by atomic mass is 16.2. The van der Waals surface area contributed by atoms with E-state index in [1.165, 1.54) is 6.42 Å². The van der Waals surface area contributed by atoms with Crippen molar-refractivity contribution < 1.29 is 9.59 Å². The van der Waals surface area contributed by atoms with Crippen LogP contribution in [0.4, 0.5) is 11.4 Å². The first-order valence-corrected chi connectivity index (χ1v) is 7.75. The average molecular weight is 304 g/mol. The van der Waals surface area contributed by atoms with Crippen LogP contribution < -0.4 is 21.3 Å². The monoisotopic (exact) mass is 304 g/mol. The molecule has 1 heterocycles. The molecule has 1 aromatic carbocycles. The van der Waals surface area contributed by atoms with Crippen molar-refractivity contribution in [1.29, 1.82) is 0 Å². The Kier molecular flexibility index (Phi) is 5.77. The number of nitrogens with one attached hydrogen (secondary N) is 2. The summed E-state index contributed by atoms with van der Waals surface area (Å²) in [5.41, 5.74) is 7.51. The van der Waals surface area contributed by atoms with E-state index in [4.69, 9.17) is 5.73 Å². The summed E-state index contributed by atoms with van der Waals surface area (Å²) < 4.78 is 0. The maximum Gasteiger partial charge on any atom is 0.250 e. The Morgan fingerprint density at radius 1 is 1.23 bits per heavy atom. The molecule has 6 heteroatoms. The molecule has 0 saturated carbocycles. The van der Waals surface area contributed by atoms with Crippen molar-refractivity contribution >= 4 is 23.2 Å². The van der Waals surface area contributed by atoms with E-state index in [1.54, 1.807) is 12.1 Å². The highest BCUT2D eigenvalue weighted by Gasteiger charge is 2.18. The van der Waals surface area contributed by atoms with Gasteiger partial charge >= 0.3 is 0 Å². The predicted octanol–water partition coefficient (Wildman–Crippen LogP) is 1.32. The number of rotatable bonds is 6. The molecule has 1 aromatic rings. The van der Waals surface area contributed by atoms with Crippen molar-refractivity contribution in [2.75, 3.05) is 36.9 Å². The van der Waals surface area contributed by atoms with Crippen LogP contribution in [0.15, 0.2) is 18.2 Å². The summed E-state index contributed by atoms with van der Waals surface area (Å²) in [6, 6.07) is 5.27. The van der Waals surface area contributed by atoms with Gasteiger partial charge in [0.25, 0.3) is 5.91 Å². The number of carbonyl (C=O) groups excluding carboxylic acids is 2. The van der Waals surface area contributed by atoms with Gasteiger partial charge in [0.1, 0.15) is 0 Å². The molecule has 1 fully saturated rings. The van der Waals surface area contributed by atoms with E-state index in [0.29, 0.717) is 24.2 Å². The summed E-state index contributed by atoms with van der Waals surface area (Å²) in [4.78, 5) is 25.6. The Balaban J connectivity index is 2.19. The molecule has 0 atom stereocenters. The summed E-state index contributed by atoms with van der Waals surface area (Å²) in [5, 5.41) is 5.81. The number of hydrogen-bond donors (Lipinski definition) is 3. The lowest BCUT2D eigenvalue weighted by Crippen LogP contribution is -2.31. The zero-order valence-electron chi connectivity index (χ0n) is 13.0. The van der Waals surface area contributed by atoms with Crippen LogP contribution in [0, 0.1) is 0 Å². The fourth-order valence-electron chi connectivity index (χ4n) is 2.68. The maximum atomic E-state index is 11.8. The van der Waals surface area contributed by atoms with E-state index < -0.39 is 5.91 Å². The Bertz CT molecular complexity index is 539. The number of piperidine rings is 1. The third-order valence-corrected chi connectivity index (χ3v) is 3.85. The number of amides is 2. The highest BCUT2D eigenvalue weighted by molar-refractivity contribution is 6.00. The number of nitrogens with two attached hydrogens (primary N) is 1. The second-order valence-electron chi connectivity index (χ2n) is 5.55. The van der Waals surface area contributed by atoms with Crippen LogP contribution in [0.3, 0.4) is 0 Å². The first-order valence-electron chi connectivity index (χ1n) is 7.75. The molecule has 0 radical (unpaired) electrons. The third kappa shape index (κ3) is 4.21. The summed E-state index contributed by atoms with van der Waals surface area (Å²) >= 11 is 0. The molecular weight excluding hydrogens is 280 g/mol. The highest BCUT2D eigenvalue weighted by Crippen LogP contribution is 2.27. The summed E-state index contributed by atoms with van der Waals surface area (Å²) in [6.07, 6.45) is 3.84. The van der Waals surface area contributed by atoms with Crippen molar-refractivity contribution in [2.24, 2.45) is 5.73 Å². The van der Waals surface area contributed by atoms with Crippen LogP contribution in [-0.4, -0.2) is 38.5 Å². The predicted molar refractivity (Wildman–Crippen MR) is 88.2 cm³/mol. The van der Waals surface area contributed by atoms with Gasteiger partial charge < -0.3 is 21.3 Å². The normalized spacial score (nSPS) is 14.7. The lowest BCUT2D eigenvalue weighted by atomic mass is 10.1.